The van der Waals surface area contributed by atoms with Gasteiger partial charge in [0, 0.05) is 13.5 Å². The third kappa shape index (κ3) is 4.54. The van der Waals surface area contributed by atoms with Gasteiger partial charge in [-0.1, -0.05) is 12.8 Å². The molecule has 0 aromatic carbocycles. The lowest BCUT2D eigenvalue weighted by Gasteiger charge is -2.28. The van der Waals surface area contributed by atoms with Gasteiger partial charge in [-0.3, -0.25) is 14.4 Å². The van der Waals surface area contributed by atoms with E-state index >= 15 is 0 Å². The number of carboxylic acids is 1. The Balaban J connectivity index is 2.61. The minimum absolute atomic E-state index is 0.0187. The number of aliphatic carboxylic acids is 1. The molecule has 0 aliphatic heterocycles. The van der Waals surface area contributed by atoms with E-state index in [1.54, 1.807) is 0 Å². The van der Waals surface area contributed by atoms with Gasteiger partial charge in [0.05, 0.1) is 13.5 Å². The van der Waals surface area contributed by atoms with Crippen molar-refractivity contribution >= 4 is 17.8 Å². The Hall–Kier alpha value is -1.59. The van der Waals surface area contributed by atoms with Crippen LogP contribution in [0.15, 0.2) is 0 Å². The Morgan fingerprint density at radius 1 is 1.21 bits per heavy atom. The molecule has 108 valence electrons. The molecule has 0 spiro atoms. The summed E-state index contributed by atoms with van der Waals surface area (Å²) in [5.74, 6) is -1.55. The monoisotopic (exact) mass is 271 g/mol. The first-order valence-electron chi connectivity index (χ1n) is 6.41. The highest BCUT2D eigenvalue weighted by molar-refractivity contribution is 5.82. The number of esters is 1. The summed E-state index contributed by atoms with van der Waals surface area (Å²) in [6.45, 7) is -0.0987. The Morgan fingerprint density at radius 3 is 2.26 bits per heavy atom. The lowest BCUT2D eigenvalue weighted by atomic mass is 9.79. The molecule has 1 aliphatic carbocycles. The van der Waals surface area contributed by atoms with Crippen molar-refractivity contribution in [2.45, 2.75) is 38.5 Å². The summed E-state index contributed by atoms with van der Waals surface area (Å²) < 4.78 is 4.50. The molecule has 1 amide bonds. The van der Waals surface area contributed by atoms with Gasteiger partial charge in [0.1, 0.15) is 6.54 Å². The molecule has 0 radical (unpaired) electrons. The van der Waals surface area contributed by atoms with E-state index in [1.807, 2.05) is 0 Å². The summed E-state index contributed by atoms with van der Waals surface area (Å²) in [7, 11) is 2.80. The van der Waals surface area contributed by atoms with Crippen LogP contribution in [0.5, 0.6) is 0 Å². The van der Waals surface area contributed by atoms with Crippen molar-refractivity contribution in [1.82, 2.24) is 4.90 Å². The van der Waals surface area contributed by atoms with Crippen LogP contribution in [0.4, 0.5) is 0 Å². The number of likely N-dealkylation sites (N-methyl/N-ethyl adjacent to an activating group) is 1. The zero-order valence-corrected chi connectivity index (χ0v) is 11.5. The Kier molecular flexibility index (Phi) is 5.32. The van der Waals surface area contributed by atoms with Gasteiger partial charge >= 0.3 is 11.9 Å². The second kappa shape index (κ2) is 6.54. The second-order valence-corrected chi connectivity index (χ2v) is 5.28. The minimum Gasteiger partial charge on any atom is -0.481 e. The van der Waals surface area contributed by atoms with Crippen LogP contribution in [-0.4, -0.2) is 48.6 Å². The van der Waals surface area contributed by atoms with E-state index in [9.17, 15) is 14.4 Å². The molecule has 0 saturated heterocycles. The molecule has 0 aromatic rings. The SMILES string of the molecule is COC(=O)CN(C)C(=O)CC1(CC(=O)O)CCCC1. The van der Waals surface area contributed by atoms with Crippen LogP contribution in [0.3, 0.4) is 0 Å². The zero-order valence-electron chi connectivity index (χ0n) is 11.5. The number of nitrogens with zero attached hydrogens (tertiary/aromatic N) is 1. The highest BCUT2D eigenvalue weighted by atomic mass is 16.5. The summed E-state index contributed by atoms with van der Waals surface area (Å²) in [6.07, 6.45) is 3.65. The highest BCUT2D eigenvalue weighted by Crippen LogP contribution is 2.44. The minimum atomic E-state index is -0.870. The van der Waals surface area contributed by atoms with E-state index in [1.165, 1.54) is 19.1 Å². The quantitative estimate of drug-likeness (QED) is 0.730. The molecule has 19 heavy (non-hydrogen) atoms. The fraction of sp³-hybridized carbons (Fsp3) is 0.769. The van der Waals surface area contributed by atoms with E-state index < -0.39 is 17.4 Å². The number of hydrogen-bond acceptors (Lipinski definition) is 4. The van der Waals surface area contributed by atoms with E-state index in [0.29, 0.717) is 0 Å². The molecule has 1 N–H and O–H groups in total. The van der Waals surface area contributed by atoms with E-state index in [4.69, 9.17) is 5.11 Å². The van der Waals surface area contributed by atoms with Crippen molar-refractivity contribution in [3.8, 4) is 0 Å². The summed E-state index contributed by atoms with van der Waals surface area (Å²) in [5, 5.41) is 8.98. The van der Waals surface area contributed by atoms with E-state index in [-0.39, 0.29) is 25.3 Å². The average molecular weight is 271 g/mol. The summed E-state index contributed by atoms with van der Waals surface area (Å²) in [5.41, 5.74) is -0.437. The maximum absolute atomic E-state index is 12.1. The number of methoxy groups -OCH3 is 1. The van der Waals surface area contributed by atoms with Crippen molar-refractivity contribution in [2.24, 2.45) is 5.41 Å². The average Bonchev–Trinajstić information content (AvgIpc) is 2.75. The maximum atomic E-state index is 12.1. The molecule has 0 heterocycles. The lowest BCUT2D eigenvalue weighted by Crippen LogP contribution is -2.36. The number of carbonyl (C=O) groups is 3. The van der Waals surface area contributed by atoms with Crippen LogP contribution in [0.1, 0.15) is 38.5 Å². The Bertz CT molecular complexity index is 360. The van der Waals surface area contributed by atoms with Gasteiger partial charge in [0.15, 0.2) is 0 Å². The van der Waals surface area contributed by atoms with Gasteiger partial charge in [-0.2, -0.15) is 0 Å². The molecule has 6 nitrogen and oxygen atoms in total. The number of rotatable bonds is 6. The fourth-order valence-electron chi connectivity index (χ4n) is 2.66. The van der Waals surface area contributed by atoms with Gasteiger partial charge in [-0.05, 0) is 18.3 Å². The van der Waals surface area contributed by atoms with Crippen molar-refractivity contribution in [3.63, 3.8) is 0 Å². The second-order valence-electron chi connectivity index (χ2n) is 5.28. The molecule has 1 rings (SSSR count). The molecule has 1 saturated carbocycles. The molecular formula is C13H21NO5. The number of hydrogen-bond donors (Lipinski definition) is 1. The van der Waals surface area contributed by atoms with Crippen LogP contribution in [0, 0.1) is 5.41 Å². The van der Waals surface area contributed by atoms with Gasteiger partial charge in [0.2, 0.25) is 5.91 Å². The Morgan fingerprint density at radius 2 is 1.79 bits per heavy atom. The number of ether oxygens (including phenoxy) is 1. The summed E-state index contributed by atoms with van der Waals surface area (Å²) in [4.78, 5) is 35.4. The van der Waals surface area contributed by atoms with Crippen LogP contribution < -0.4 is 0 Å². The van der Waals surface area contributed by atoms with Gasteiger partial charge < -0.3 is 14.7 Å². The summed E-state index contributed by atoms with van der Waals surface area (Å²) in [6, 6.07) is 0. The first-order valence-corrected chi connectivity index (χ1v) is 6.41. The predicted molar refractivity (Wildman–Crippen MR) is 67.4 cm³/mol. The zero-order chi connectivity index (χ0) is 14.5. The maximum Gasteiger partial charge on any atom is 0.325 e. The fourth-order valence-corrected chi connectivity index (χ4v) is 2.66. The first kappa shape index (κ1) is 15.5. The topological polar surface area (TPSA) is 83.9 Å². The van der Waals surface area contributed by atoms with Gasteiger partial charge in [-0.25, -0.2) is 0 Å². The van der Waals surface area contributed by atoms with Crippen molar-refractivity contribution in [3.05, 3.63) is 0 Å². The standard InChI is InChI=1S/C13H21NO5/c1-14(9-12(18)19-2)10(15)7-13(8-11(16)17)5-3-4-6-13/h3-9H2,1-2H3,(H,16,17). The molecule has 0 unspecified atom stereocenters. The van der Waals surface area contributed by atoms with Crippen LogP contribution in [-0.2, 0) is 19.1 Å². The molecule has 6 heteroatoms. The van der Waals surface area contributed by atoms with Gasteiger partial charge in [0.25, 0.3) is 0 Å². The molecule has 1 aliphatic rings. The van der Waals surface area contributed by atoms with E-state index in [2.05, 4.69) is 4.74 Å². The molecule has 0 bridgehead atoms. The van der Waals surface area contributed by atoms with Crippen LogP contribution >= 0.6 is 0 Å². The van der Waals surface area contributed by atoms with Gasteiger partial charge in [-0.15, -0.1) is 0 Å². The molecule has 0 aromatic heterocycles. The predicted octanol–water partition coefficient (Wildman–Crippen LogP) is 1.04. The lowest BCUT2D eigenvalue weighted by molar-refractivity contribution is -0.148. The van der Waals surface area contributed by atoms with Crippen molar-refractivity contribution in [2.75, 3.05) is 20.7 Å². The van der Waals surface area contributed by atoms with Crippen molar-refractivity contribution < 1.29 is 24.2 Å². The highest BCUT2D eigenvalue weighted by Gasteiger charge is 2.38. The Labute approximate surface area is 112 Å². The number of carbonyl (C=O) groups excluding carboxylic acids is 2. The largest absolute Gasteiger partial charge is 0.481 e. The van der Waals surface area contributed by atoms with E-state index in [0.717, 1.165) is 25.7 Å². The van der Waals surface area contributed by atoms with Crippen LogP contribution in [0.25, 0.3) is 0 Å². The third-order valence-corrected chi connectivity index (χ3v) is 3.74. The number of carboxylic acid groups (broad SMARTS) is 1. The summed E-state index contributed by atoms with van der Waals surface area (Å²) >= 11 is 0. The normalized spacial score (nSPS) is 16.9. The van der Waals surface area contributed by atoms with Crippen molar-refractivity contribution in [1.29, 1.82) is 0 Å². The number of amides is 1. The smallest absolute Gasteiger partial charge is 0.325 e. The molecule has 1 fully saturated rings. The van der Waals surface area contributed by atoms with Crippen LogP contribution in [0.2, 0.25) is 0 Å². The molecular weight excluding hydrogens is 250 g/mol. The third-order valence-electron chi connectivity index (χ3n) is 3.74. The first-order chi connectivity index (χ1) is 8.88. The molecule has 0 atom stereocenters.